The lowest BCUT2D eigenvalue weighted by Crippen LogP contribution is -2.29. The average Bonchev–Trinajstić information content (AvgIpc) is 3.25. The predicted molar refractivity (Wildman–Crippen MR) is 253 cm³/mol. The molecule has 4 N–H and O–H groups in total. The molecule has 4 atom stereocenters. The smallest absolute Gasteiger partial charge is 0.462 e. The highest BCUT2D eigenvalue weighted by Gasteiger charge is 2.27. The third kappa shape index (κ3) is 44.2. The van der Waals surface area contributed by atoms with E-state index in [9.17, 15) is 29.3 Å². The van der Waals surface area contributed by atoms with Crippen molar-refractivity contribution in [3.8, 4) is 0 Å². The van der Waals surface area contributed by atoms with E-state index in [1.165, 1.54) is 96.3 Å². The summed E-state index contributed by atoms with van der Waals surface area (Å²) in [7, 11) is -4.64. The van der Waals surface area contributed by atoms with E-state index in [-0.39, 0.29) is 25.6 Å². The number of aliphatic hydroxyl groups is 3. The van der Waals surface area contributed by atoms with Gasteiger partial charge in [-0.1, -0.05) is 197 Å². The van der Waals surface area contributed by atoms with Gasteiger partial charge in [-0.15, -0.1) is 0 Å². The summed E-state index contributed by atoms with van der Waals surface area (Å²) in [6.07, 6.45) is 45.8. The van der Waals surface area contributed by atoms with Crippen LogP contribution in [0.15, 0.2) is 60.8 Å². The van der Waals surface area contributed by atoms with Crippen LogP contribution in [0.1, 0.15) is 194 Å². The minimum Gasteiger partial charge on any atom is -0.462 e. The van der Waals surface area contributed by atoms with E-state index < -0.39 is 51.8 Å². The zero-order chi connectivity index (χ0) is 45.8. The first-order valence-electron chi connectivity index (χ1n) is 24.2. The van der Waals surface area contributed by atoms with Crippen molar-refractivity contribution in [3.63, 3.8) is 0 Å². The number of phosphoric acid groups is 1. The van der Waals surface area contributed by atoms with Gasteiger partial charge in [0.1, 0.15) is 12.7 Å². The van der Waals surface area contributed by atoms with Crippen molar-refractivity contribution in [1.29, 1.82) is 0 Å². The van der Waals surface area contributed by atoms with Crippen molar-refractivity contribution in [2.24, 2.45) is 5.92 Å². The van der Waals surface area contributed by atoms with Gasteiger partial charge in [0.05, 0.1) is 25.9 Å². The highest BCUT2D eigenvalue weighted by Crippen LogP contribution is 2.43. The molecule has 0 rings (SSSR count). The van der Waals surface area contributed by atoms with E-state index in [1.54, 1.807) is 6.08 Å². The maximum Gasteiger partial charge on any atom is 0.472 e. The SMILES string of the molecule is CC[C@H](O)/C=C/C=C\C/C=C\C/C=C\C/C=C\CCCC(=O)OC[C@H](COP(=O)(O)OC[C@@H](O)CO)OC(=O)CCCCCCCCCCCCCCCCCCCCC(C)C. The van der Waals surface area contributed by atoms with Crippen molar-refractivity contribution in [2.45, 2.75) is 212 Å². The normalized spacial score (nSPS) is 14.8. The largest absolute Gasteiger partial charge is 0.472 e. The van der Waals surface area contributed by atoms with Crippen LogP contribution in [-0.4, -0.2) is 76.9 Å². The van der Waals surface area contributed by atoms with Crippen LogP contribution in [0.5, 0.6) is 0 Å². The molecule has 11 nitrogen and oxygen atoms in total. The standard InChI is InChI=1S/C50H89O11P/c1-4-46(52)38-34-30-26-22-18-14-11-12-15-19-23-27-31-35-39-49(54)58-43-48(44-60-62(56,57)59-42-47(53)41-51)61-50(55)40-36-32-28-24-20-16-10-8-6-5-7-9-13-17-21-25-29-33-37-45(2)3/h12,14-15,18,23,26-27,30,34,38,45-48,51-53H,4-11,13,16-17,19-22,24-25,28-29,31-33,35-37,39-44H2,1-3H3,(H,56,57)/b15-12-,18-14-,27-23-,30-26-,38-34+/t46-,47-,48+/m0/s1. The molecule has 0 spiro atoms. The van der Waals surface area contributed by atoms with Gasteiger partial charge in [0.15, 0.2) is 6.10 Å². The minimum absolute atomic E-state index is 0.148. The second-order valence-electron chi connectivity index (χ2n) is 16.8. The van der Waals surface area contributed by atoms with E-state index in [4.69, 9.17) is 23.6 Å². The van der Waals surface area contributed by atoms with Crippen LogP contribution < -0.4 is 0 Å². The molecule has 0 aromatic heterocycles. The molecule has 0 fully saturated rings. The van der Waals surface area contributed by atoms with Gasteiger partial charge < -0.3 is 29.7 Å². The molecular weight excluding hydrogens is 808 g/mol. The Morgan fingerprint density at radius 2 is 1.05 bits per heavy atom. The number of hydrogen-bond donors (Lipinski definition) is 4. The number of ether oxygens (including phenoxy) is 2. The van der Waals surface area contributed by atoms with Gasteiger partial charge in [-0.2, -0.15) is 0 Å². The monoisotopic (exact) mass is 897 g/mol. The molecule has 12 heteroatoms. The molecule has 0 aliphatic heterocycles. The van der Waals surface area contributed by atoms with Crippen LogP contribution in [0.4, 0.5) is 0 Å². The molecule has 0 aromatic carbocycles. The number of hydrogen-bond acceptors (Lipinski definition) is 10. The number of allylic oxidation sites excluding steroid dienone is 9. The van der Waals surface area contributed by atoms with Gasteiger partial charge in [-0.25, -0.2) is 4.57 Å². The number of phosphoric ester groups is 1. The Labute approximate surface area is 377 Å². The zero-order valence-electron chi connectivity index (χ0n) is 39.1. The van der Waals surface area contributed by atoms with Crippen molar-refractivity contribution in [3.05, 3.63) is 60.8 Å². The second-order valence-corrected chi connectivity index (χ2v) is 18.2. The molecule has 0 amide bonds. The Balaban J connectivity index is 4.29. The van der Waals surface area contributed by atoms with Gasteiger partial charge in [-0.05, 0) is 50.9 Å². The van der Waals surface area contributed by atoms with Crippen LogP contribution in [0.3, 0.4) is 0 Å². The van der Waals surface area contributed by atoms with Crippen LogP contribution in [0, 0.1) is 5.92 Å². The van der Waals surface area contributed by atoms with E-state index in [0.717, 1.165) is 44.4 Å². The predicted octanol–water partition coefficient (Wildman–Crippen LogP) is 12.3. The maximum atomic E-state index is 12.7. The Bertz CT molecular complexity index is 1250. The molecule has 0 saturated heterocycles. The van der Waals surface area contributed by atoms with Crippen molar-refractivity contribution in [1.82, 2.24) is 0 Å². The Morgan fingerprint density at radius 1 is 0.581 bits per heavy atom. The third-order valence-electron chi connectivity index (χ3n) is 10.3. The summed E-state index contributed by atoms with van der Waals surface area (Å²) >= 11 is 0. The van der Waals surface area contributed by atoms with Crippen LogP contribution in [0.25, 0.3) is 0 Å². The molecule has 0 radical (unpaired) electrons. The Morgan fingerprint density at radius 3 is 1.56 bits per heavy atom. The Hall–Kier alpha value is -2.37. The summed E-state index contributed by atoms with van der Waals surface area (Å²) in [5.41, 5.74) is 0. The number of esters is 2. The minimum atomic E-state index is -4.64. The van der Waals surface area contributed by atoms with Crippen LogP contribution in [0.2, 0.25) is 0 Å². The number of carbonyl (C=O) groups excluding carboxylic acids is 2. The molecule has 62 heavy (non-hydrogen) atoms. The summed E-state index contributed by atoms with van der Waals surface area (Å²) in [6.45, 7) is 4.34. The fourth-order valence-corrected chi connectivity index (χ4v) is 7.19. The molecule has 0 aliphatic rings. The first-order chi connectivity index (χ1) is 30.0. The molecule has 360 valence electrons. The third-order valence-corrected chi connectivity index (χ3v) is 11.2. The van der Waals surface area contributed by atoms with Crippen molar-refractivity contribution >= 4 is 19.8 Å². The molecule has 0 bridgehead atoms. The van der Waals surface area contributed by atoms with Gasteiger partial charge in [0, 0.05) is 12.8 Å². The summed E-state index contributed by atoms with van der Waals surface area (Å²) in [4.78, 5) is 35.1. The van der Waals surface area contributed by atoms with Crippen molar-refractivity contribution < 1.29 is 52.9 Å². The van der Waals surface area contributed by atoms with E-state index in [1.807, 2.05) is 37.3 Å². The van der Waals surface area contributed by atoms with Crippen molar-refractivity contribution in [2.75, 3.05) is 26.4 Å². The Kier molecular flexibility index (Phi) is 42.2. The first kappa shape index (κ1) is 59.6. The highest BCUT2D eigenvalue weighted by atomic mass is 31.2. The van der Waals surface area contributed by atoms with Crippen LogP contribution in [-0.2, 0) is 32.7 Å². The molecular formula is C50H89O11P. The molecule has 0 saturated carbocycles. The summed E-state index contributed by atoms with van der Waals surface area (Å²) in [5.74, 6) is -0.172. The fraction of sp³-hybridized carbons (Fsp3) is 0.760. The molecule has 0 heterocycles. The summed E-state index contributed by atoms with van der Waals surface area (Å²) in [6, 6.07) is 0. The number of unbranched alkanes of at least 4 members (excludes halogenated alkanes) is 18. The molecule has 1 unspecified atom stereocenters. The number of carbonyl (C=O) groups is 2. The number of aliphatic hydroxyl groups excluding tert-OH is 3. The lowest BCUT2D eigenvalue weighted by molar-refractivity contribution is -0.161. The van der Waals surface area contributed by atoms with Gasteiger partial charge in [-0.3, -0.25) is 18.6 Å². The number of rotatable bonds is 44. The van der Waals surface area contributed by atoms with E-state index >= 15 is 0 Å². The first-order valence-corrected chi connectivity index (χ1v) is 25.7. The average molecular weight is 897 g/mol. The quantitative estimate of drug-likeness (QED) is 0.0151. The van der Waals surface area contributed by atoms with Gasteiger partial charge in [0.2, 0.25) is 0 Å². The highest BCUT2D eigenvalue weighted by molar-refractivity contribution is 7.47. The fourth-order valence-electron chi connectivity index (χ4n) is 6.40. The summed E-state index contributed by atoms with van der Waals surface area (Å²) < 4.78 is 32.7. The lowest BCUT2D eigenvalue weighted by atomic mass is 10.0. The van der Waals surface area contributed by atoms with Crippen LogP contribution >= 0.6 is 7.82 Å². The van der Waals surface area contributed by atoms with E-state index in [0.29, 0.717) is 25.7 Å². The van der Waals surface area contributed by atoms with Gasteiger partial charge >= 0.3 is 19.8 Å². The van der Waals surface area contributed by atoms with E-state index in [2.05, 4.69) is 38.2 Å². The maximum absolute atomic E-state index is 12.7. The topological polar surface area (TPSA) is 169 Å². The summed E-state index contributed by atoms with van der Waals surface area (Å²) in [5, 5.41) is 27.9. The second kappa shape index (κ2) is 43.9. The molecule has 0 aromatic rings. The lowest BCUT2D eigenvalue weighted by Gasteiger charge is -2.20. The molecule has 0 aliphatic carbocycles. The zero-order valence-corrected chi connectivity index (χ0v) is 40.0. The van der Waals surface area contributed by atoms with Gasteiger partial charge in [0.25, 0.3) is 0 Å².